The van der Waals surface area contributed by atoms with Crippen molar-refractivity contribution >= 4 is 33.2 Å². The molecule has 0 heterocycles. The first-order valence-corrected chi connectivity index (χ1v) is 8.20. The van der Waals surface area contributed by atoms with Crippen LogP contribution in [0.3, 0.4) is 0 Å². The number of sulfonamides is 1. The largest absolute Gasteiger partial charge is 0.326 e. The molecule has 0 saturated heterocycles. The van der Waals surface area contributed by atoms with Crippen molar-refractivity contribution in [3.63, 3.8) is 0 Å². The maximum Gasteiger partial charge on any atom is 0.244 e. The average Bonchev–Trinajstić information content (AvgIpc) is 3.12. The van der Waals surface area contributed by atoms with E-state index in [9.17, 15) is 8.42 Å². The van der Waals surface area contributed by atoms with Gasteiger partial charge in [0.25, 0.3) is 0 Å². The highest BCUT2D eigenvalue weighted by Gasteiger charge is 2.30. The molecule has 106 valence electrons. The minimum Gasteiger partial charge on any atom is -0.326 e. The maximum absolute atomic E-state index is 12.5. The van der Waals surface area contributed by atoms with Crippen LogP contribution in [0.1, 0.15) is 18.4 Å². The van der Waals surface area contributed by atoms with Gasteiger partial charge in [-0.15, -0.1) is 0 Å². The van der Waals surface area contributed by atoms with Crippen LogP contribution in [0.15, 0.2) is 17.0 Å². The van der Waals surface area contributed by atoms with Gasteiger partial charge in [0.1, 0.15) is 4.90 Å². The van der Waals surface area contributed by atoms with Gasteiger partial charge in [-0.25, -0.2) is 12.7 Å². The van der Waals surface area contributed by atoms with Crippen molar-refractivity contribution in [3.05, 3.63) is 27.7 Å². The van der Waals surface area contributed by atoms with Crippen molar-refractivity contribution in [2.75, 3.05) is 13.6 Å². The van der Waals surface area contributed by atoms with E-state index in [1.807, 2.05) is 0 Å². The van der Waals surface area contributed by atoms with E-state index in [2.05, 4.69) is 0 Å². The zero-order valence-corrected chi connectivity index (χ0v) is 12.9. The third-order valence-electron chi connectivity index (χ3n) is 3.22. The zero-order chi connectivity index (χ0) is 14.2. The molecule has 0 radical (unpaired) electrons. The van der Waals surface area contributed by atoms with Crippen LogP contribution in [0.2, 0.25) is 10.0 Å². The van der Waals surface area contributed by atoms with Gasteiger partial charge < -0.3 is 5.73 Å². The van der Waals surface area contributed by atoms with E-state index in [4.69, 9.17) is 28.9 Å². The summed E-state index contributed by atoms with van der Waals surface area (Å²) in [5.74, 6) is 0.472. The molecule has 4 nitrogen and oxygen atoms in total. The Balaban J connectivity index is 2.38. The normalized spacial score (nSPS) is 16.1. The molecule has 1 saturated carbocycles. The summed E-state index contributed by atoms with van der Waals surface area (Å²) < 4.78 is 26.3. The second-order valence-electron chi connectivity index (χ2n) is 4.81. The molecular weight excluding hydrogens is 307 g/mol. The van der Waals surface area contributed by atoms with E-state index in [1.165, 1.54) is 16.4 Å². The smallest absolute Gasteiger partial charge is 0.244 e. The number of hydrogen-bond acceptors (Lipinski definition) is 3. The highest BCUT2D eigenvalue weighted by molar-refractivity contribution is 7.89. The first-order chi connectivity index (χ1) is 8.86. The molecule has 0 unspecified atom stereocenters. The Morgan fingerprint density at radius 1 is 1.32 bits per heavy atom. The quantitative estimate of drug-likeness (QED) is 0.905. The van der Waals surface area contributed by atoms with Crippen LogP contribution in [0, 0.1) is 5.92 Å². The molecule has 2 N–H and O–H groups in total. The molecule has 1 aromatic rings. The second kappa shape index (κ2) is 5.58. The number of hydrogen-bond donors (Lipinski definition) is 1. The predicted molar refractivity (Wildman–Crippen MR) is 76.9 cm³/mol. The van der Waals surface area contributed by atoms with Gasteiger partial charge in [0.2, 0.25) is 10.0 Å². The molecule has 0 atom stereocenters. The van der Waals surface area contributed by atoms with E-state index in [0.29, 0.717) is 23.0 Å². The van der Waals surface area contributed by atoms with Crippen molar-refractivity contribution in [2.45, 2.75) is 24.3 Å². The van der Waals surface area contributed by atoms with Crippen molar-refractivity contribution in [1.82, 2.24) is 4.31 Å². The van der Waals surface area contributed by atoms with Crippen LogP contribution in [-0.2, 0) is 16.6 Å². The van der Waals surface area contributed by atoms with Crippen molar-refractivity contribution in [3.8, 4) is 0 Å². The lowest BCUT2D eigenvalue weighted by molar-refractivity contribution is 0.453. The second-order valence-corrected chi connectivity index (χ2v) is 7.63. The summed E-state index contributed by atoms with van der Waals surface area (Å²) in [5, 5.41) is 0.515. The van der Waals surface area contributed by atoms with Crippen LogP contribution >= 0.6 is 23.2 Å². The highest BCUT2D eigenvalue weighted by atomic mass is 35.5. The molecule has 0 spiro atoms. The Morgan fingerprint density at radius 3 is 2.47 bits per heavy atom. The lowest BCUT2D eigenvalue weighted by Crippen LogP contribution is -2.29. The Morgan fingerprint density at radius 2 is 1.95 bits per heavy atom. The van der Waals surface area contributed by atoms with E-state index in [-0.39, 0.29) is 16.5 Å². The Kier molecular flexibility index (Phi) is 4.42. The first-order valence-electron chi connectivity index (χ1n) is 6.00. The summed E-state index contributed by atoms with van der Waals surface area (Å²) >= 11 is 12.0. The summed E-state index contributed by atoms with van der Waals surface area (Å²) in [6, 6.07) is 2.90. The van der Waals surface area contributed by atoms with Gasteiger partial charge in [0, 0.05) is 25.2 Å². The molecule has 0 bridgehead atoms. The molecule has 0 aliphatic heterocycles. The summed E-state index contributed by atoms with van der Waals surface area (Å²) in [6.07, 6.45) is 2.17. The lowest BCUT2D eigenvalue weighted by Gasteiger charge is -2.18. The minimum absolute atomic E-state index is 0.0715. The summed E-state index contributed by atoms with van der Waals surface area (Å²) in [7, 11) is -2.02. The molecule has 1 fully saturated rings. The Hall–Kier alpha value is -0.330. The molecule has 19 heavy (non-hydrogen) atoms. The fraction of sp³-hybridized carbons (Fsp3) is 0.500. The van der Waals surface area contributed by atoms with E-state index in [1.54, 1.807) is 7.05 Å². The van der Waals surface area contributed by atoms with Crippen LogP contribution in [0.4, 0.5) is 0 Å². The third-order valence-corrected chi connectivity index (χ3v) is 5.86. The molecule has 7 heteroatoms. The SMILES string of the molecule is CN(CC1CC1)S(=O)(=O)c1cc(CN)c(Cl)cc1Cl. The molecule has 2 rings (SSSR count). The fourth-order valence-corrected chi connectivity index (χ4v) is 3.95. The maximum atomic E-state index is 12.5. The van der Waals surface area contributed by atoms with E-state index in [0.717, 1.165) is 12.8 Å². The molecule has 1 aromatic carbocycles. The lowest BCUT2D eigenvalue weighted by atomic mass is 10.2. The first kappa shape index (κ1) is 15.1. The van der Waals surface area contributed by atoms with Gasteiger partial charge in [-0.05, 0) is 36.5 Å². The van der Waals surface area contributed by atoms with Gasteiger partial charge in [0.05, 0.1) is 5.02 Å². The molecule has 0 aromatic heterocycles. The predicted octanol–water partition coefficient (Wildman–Crippen LogP) is 2.48. The summed E-state index contributed by atoms with van der Waals surface area (Å²) in [4.78, 5) is 0.0715. The van der Waals surface area contributed by atoms with Crippen LogP contribution in [0.5, 0.6) is 0 Å². The van der Waals surface area contributed by atoms with Crippen LogP contribution in [0.25, 0.3) is 0 Å². The standard InChI is InChI=1S/C12H16Cl2N2O2S/c1-16(7-8-2-3-8)19(17,18)12-4-9(6-15)10(13)5-11(12)14/h4-5,8H,2-3,6-7,15H2,1H3. The number of rotatable bonds is 5. The molecular formula is C12H16Cl2N2O2S. The molecule has 0 amide bonds. The van der Waals surface area contributed by atoms with E-state index >= 15 is 0 Å². The number of nitrogens with zero attached hydrogens (tertiary/aromatic N) is 1. The van der Waals surface area contributed by atoms with Crippen molar-refractivity contribution in [2.24, 2.45) is 11.7 Å². The number of benzene rings is 1. The average molecular weight is 323 g/mol. The van der Waals surface area contributed by atoms with Gasteiger partial charge in [-0.2, -0.15) is 0 Å². The third kappa shape index (κ3) is 3.23. The number of nitrogens with two attached hydrogens (primary N) is 1. The van der Waals surface area contributed by atoms with Crippen LogP contribution in [-0.4, -0.2) is 26.3 Å². The van der Waals surface area contributed by atoms with Gasteiger partial charge in [-0.3, -0.25) is 0 Å². The Labute approximate surface area is 123 Å². The monoisotopic (exact) mass is 322 g/mol. The van der Waals surface area contributed by atoms with Gasteiger partial charge in [-0.1, -0.05) is 23.2 Å². The number of halogens is 2. The Bertz CT molecular complexity index is 586. The van der Waals surface area contributed by atoms with Crippen LogP contribution < -0.4 is 5.73 Å². The minimum atomic E-state index is -3.59. The summed E-state index contributed by atoms with van der Waals surface area (Å²) in [5.41, 5.74) is 6.12. The highest BCUT2D eigenvalue weighted by Crippen LogP contribution is 2.33. The zero-order valence-electron chi connectivity index (χ0n) is 10.6. The van der Waals surface area contributed by atoms with Crippen molar-refractivity contribution < 1.29 is 8.42 Å². The van der Waals surface area contributed by atoms with Gasteiger partial charge >= 0.3 is 0 Å². The van der Waals surface area contributed by atoms with Gasteiger partial charge in [0.15, 0.2) is 0 Å². The molecule has 1 aliphatic rings. The topological polar surface area (TPSA) is 63.4 Å². The van der Waals surface area contributed by atoms with Crippen molar-refractivity contribution in [1.29, 1.82) is 0 Å². The van der Waals surface area contributed by atoms with E-state index < -0.39 is 10.0 Å². The summed E-state index contributed by atoms with van der Waals surface area (Å²) in [6.45, 7) is 0.699. The fourth-order valence-electron chi connectivity index (χ4n) is 1.86. The molecule has 1 aliphatic carbocycles.